The van der Waals surface area contributed by atoms with Crippen LogP contribution in [0, 0.1) is 0 Å². The van der Waals surface area contributed by atoms with Crippen molar-refractivity contribution < 1.29 is 19.1 Å². The second kappa shape index (κ2) is 10.3. The normalized spacial score (nSPS) is 23.3. The van der Waals surface area contributed by atoms with Crippen LogP contribution in [0.2, 0.25) is 0 Å². The van der Waals surface area contributed by atoms with Crippen molar-refractivity contribution in [3.63, 3.8) is 0 Å². The predicted octanol–water partition coefficient (Wildman–Crippen LogP) is 3.14. The average Bonchev–Trinajstić information content (AvgIpc) is 3.29. The molecule has 8 nitrogen and oxygen atoms in total. The fraction of sp³-hybridized carbons (Fsp3) is 0.429. The monoisotopic (exact) mass is 490 g/mol. The largest absolute Gasteiger partial charge is 0.497 e. The van der Waals surface area contributed by atoms with E-state index in [0.717, 1.165) is 35.3 Å². The van der Waals surface area contributed by atoms with Crippen molar-refractivity contribution >= 4 is 22.7 Å². The van der Waals surface area contributed by atoms with Gasteiger partial charge < -0.3 is 24.3 Å². The van der Waals surface area contributed by atoms with Gasteiger partial charge in [-0.05, 0) is 43.7 Å². The molecule has 5 rings (SSSR count). The van der Waals surface area contributed by atoms with E-state index in [0.29, 0.717) is 25.3 Å². The summed E-state index contributed by atoms with van der Waals surface area (Å²) in [6.45, 7) is 7.57. The first kappa shape index (κ1) is 24.3. The van der Waals surface area contributed by atoms with E-state index in [1.54, 1.807) is 12.0 Å². The van der Waals surface area contributed by atoms with E-state index in [-0.39, 0.29) is 36.6 Å². The number of carbonyl (C=O) groups is 2. The summed E-state index contributed by atoms with van der Waals surface area (Å²) >= 11 is 0. The molecule has 3 heterocycles. The molecular weight excluding hydrogens is 456 g/mol. The maximum absolute atomic E-state index is 13.5. The molecule has 2 aliphatic rings. The lowest BCUT2D eigenvalue weighted by Gasteiger charge is -2.44. The van der Waals surface area contributed by atoms with Crippen LogP contribution in [0.15, 0.2) is 54.6 Å². The zero-order valence-corrected chi connectivity index (χ0v) is 21.1. The summed E-state index contributed by atoms with van der Waals surface area (Å²) in [4.78, 5) is 36.2. The van der Waals surface area contributed by atoms with Crippen LogP contribution < -0.4 is 4.74 Å². The highest BCUT2D eigenvalue weighted by Gasteiger charge is 2.37. The quantitative estimate of drug-likeness (QED) is 0.575. The molecular formula is C28H34N4O4. The van der Waals surface area contributed by atoms with E-state index < -0.39 is 0 Å². The van der Waals surface area contributed by atoms with Gasteiger partial charge in [0.1, 0.15) is 18.0 Å². The highest BCUT2D eigenvalue weighted by molar-refractivity contribution is 6.00. The number of ether oxygens (including phenoxy) is 2. The number of rotatable bonds is 6. The Balaban J connectivity index is 1.38. The number of hydrogen-bond acceptors (Lipinski definition) is 5. The highest BCUT2D eigenvalue weighted by Crippen LogP contribution is 2.24. The van der Waals surface area contributed by atoms with Crippen LogP contribution >= 0.6 is 0 Å². The molecule has 0 unspecified atom stereocenters. The number of methoxy groups -OCH3 is 1. The second-order valence-corrected chi connectivity index (χ2v) is 9.96. The minimum absolute atomic E-state index is 0.0319. The van der Waals surface area contributed by atoms with Gasteiger partial charge in [-0.1, -0.05) is 30.3 Å². The van der Waals surface area contributed by atoms with Crippen molar-refractivity contribution in [1.82, 2.24) is 19.7 Å². The van der Waals surface area contributed by atoms with Gasteiger partial charge in [0.2, 0.25) is 5.91 Å². The van der Waals surface area contributed by atoms with Crippen molar-refractivity contribution in [1.29, 1.82) is 0 Å². The van der Waals surface area contributed by atoms with Crippen LogP contribution in [0.3, 0.4) is 0 Å². The van der Waals surface area contributed by atoms with E-state index in [4.69, 9.17) is 9.47 Å². The lowest BCUT2D eigenvalue weighted by atomic mass is 10.1. The molecule has 0 spiro atoms. The number of hydrogen-bond donors (Lipinski definition) is 1. The van der Waals surface area contributed by atoms with Crippen LogP contribution in [0.4, 0.5) is 0 Å². The maximum Gasteiger partial charge on any atom is 0.270 e. The fourth-order valence-corrected chi connectivity index (χ4v) is 5.44. The van der Waals surface area contributed by atoms with Crippen molar-refractivity contribution in [3.05, 3.63) is 65.9 Å². The first-order valence-corrected chi connectivity index (χ1v) is 12.6. The lowest BCUT2D eigenvalue weighted by molar-refractivity contribution is -0.141. The summed E-state index contributed by atoms with van der Waals surface area (Å²) in [5.41, 5.74) is 2.43. The Bertz CT molecular complexity index is 1220. The fourth-order valence-electron chi connectivity index (χ4n) is 5.44. The van der Waals surface area contributed by atoms with Gasteiger partial charge in [-0.2, -0.15) is 0 Å². The van der Waals surface area contributed by atoms with Gasteiger partial charge >= 0.3 is 0 Å². The molecule has 36 heavy (non-hydrogen) atoms. The Morgan fingerprint density at radius 3 is 2.53 bits per heavy atom. The third-order valence-electron chi connectivity index (χ3n) is 7.02. The summed E-state index contributed by atoms with van der Waals surface area (Å²) in [7, 11) is 1.62. The van der Waals surface area contributed by atoms with Gasteiger partial charge in [-0.25, -0.2) is 0 Å². The molecule has 0 saturated carbocycles. The van der Waals surface area contributed by atoms with E-state index >= 15 is 0 Å². The molecule has 0 bridgehead atoms. The molecule has 1 aromatic heterocycles. The molecule has 2 amide bonds. The van der Waals surface area contributed by atoms with Crippen LogP contribution in [-0.2, 0) is 16.1 Å². The summed E-state index contributed by atoms with van der Waals surface area (Å²) < 4.78 is 11.2. The van der Waals surface area contributed by atoms with E-state index in [9.17, 15) is 9.59 Å². The number of morpholine rings is 1. The molecule has 0 aliphatic carbocycles. The molecule has 190 valence electrons. The Morgan fingerprint density at radius 2 is 1.81 bits per heavy atom. The number of piperazine rings is 1. The van der Waals surface area contributed by atoms with Crippen LogP contribution in [0.5, 0.6) is 5.75 Å². The summed E-state index contributed by atoms with van der Waals surface area (Å²) in [6, 6.07) is 17.4. The van der Waals surface area contributed by atoms with E-state index in [1.165, 1.54) is 0 Å². The summed E-state index contributed by atoms with van der Waals surface area (Å²) in [5, 5.41) is 0.902. The zero-order chi connectivity index (χ0) is 25.2. The van der Waals surface area contributed by atoms with Crippen LogP contribution in [0.1, 0.15) is 29.9 Å². The SMILES string of the molecule is COc1ccc2[nH]c(C(=O)N3CC(=O)N(Cc4ccccc4)[C@@H](CN4C[C@@H](C)O[C@@H](C)C4)C3)cc2c1. The van der Waals surface area contributed by atoms with Crippen LogP contribution in [-0.4, -0.2) is 89.6 Å². The minimum atomic E-state index is -0.161. The van der Waals surface area contributed by atoms with Gasteiger partial charge in [-0.15, -0.1) is 0 Å². The molecule has 8 heteroatoms. The number of nitrogens with zero attached hydrogens (tertiary/aromatic N) is 3. The molecule has 2 aromatic carbocycles. The predicted molar refractivity (Wildman–Crippen MR) is 138 cm³/mol. The molecule has 0 radical (unpaired) electrons. The maximum atomic E-state index is 13.5. The molecule has 2 fully saturated rings. The summed E-state index contributed by atoms with van der Waals surface area (Å²) in [5.74, 6) is 0.543. The molecule has 3 aromatic rings. The van der Waals surface area contributed by atoms with Crippen LogP contribution in [0.25, 0.3) is 10.9 Å². The molecule has 2 aliphatic heterocycles. The van der Waals surface area contributed by atoms with Gasteiger partial charge in [0.25, 0.3) is 5.91 Å². The Hall–Kier alpha value is -3.36. The highest BCUT2D eigenvalue weighted by atomic mass is 16.5. The average molecular weight is 491 g/mol. The van der Waals surface area contributed by atoms with Gasteiger partial charge in [0.15, 0.2) is 0 Å². The number of carbonyl (C=O) groups excluding carboxylic acids is 2. The number of amides is 2. The van der Waals surface area contributed by atoms with Crippen molar-refractivity contribution in [2.75, 3.05) is 39.8 Å². The van der Waals surface area contributed by atoms with E-state index in [1.807, 2.05) is 59.5 Å². The first-order valence-electron chi connectivity index (χ1n) is 12.6. The smallest absolute Gasteiger partial charge is 0.270 e. The molecule has 1 N–H and O–H groups in total. The van der Waals surface area contributed by atoms with Gasteiger partial charge in [0.05, 0.1) is 25.4 Å². The topological polar surface area (TPSA) is 78.1 Å². The standard InChI is InChI=1S/C28H34N4O4/c1-19-13-30(14-20(2)36-19)16-23-17-31(18-27(33)32(23)15-21-7-5-4-6-8-21)28(34)26-12-22-11-24(35-3)9-10-25(22)29-26/h4-12,19-20,23,29H,13-18H2,1-3H3/t19-,20+,23-/m0/s1. The van der Waals surface area contributed by atoms with E-state index in [2.05, 4.69) is 23.7 Å². The van der Waals surface area contributed by atoms with Gasteiger partial charge in [0, 0.05) is 43.6 Å². The van der Waals surface area contributed by atoms with Crippen molar-refractivity contribution in [2.45, 2.75) is 38.6 Å². The Labute approximate surface area is 211 Å². The van der Waals surface area contributed by atoms with Crippen molar-refractivity contribution in [2.24, 2.45) is 0 Å². The zero-order valence-electron chi connectivity index (χ0n) is 21.1. The number of fused-ring (bicyclic) bond motifs is 1. The number of aromatic nitrogens is 1. The molecule has 3 atom stereocenters. The minimum Gasteiger partial charge on any atom is -0.497 e. The van der Waals surface area contributed by atoms with Crippen molar-refractivity contribution in [3.8, 4) is 5.75 Å². The number of aromatic amines is 1. The third-order valence-corrected chi connectivity index (χ3v) is 7.02. The Morgan fingerprint density at radius 1 is 1.06 bits per heavy atom. The second-order valence-electron chi connectivity index (χ2n) is 9.96. The first-order chi connectivity index (χ1) is 17.4. The number of H-pyrrole nitrogens is 1. The summed E-state index contributed by atoms with van der Waals surface area (Å²) in [6.07, 6.45) is 0.272. The molecule has 2 saturated heterocycles. The van der Waals surface area contributed by atoms with Gasteiger partial charge in [-0.3, -0.25) is 14.5 Å². The number of nitrogens with one attached hydrogen (secondary N) is 1. The Kier molecular flexibility index (Phi) is 6.98. The third kappa shape index (κ3) is 5.24. The lowest BCUT2D eigenvalue weighted by Crippen LogP contribution is -2.61. The number of benzene rings is 2.